The second-order valence-electron chi connectivity index (χ2n) is 6.59. The van der Waals surface area contributed by atoms with Gasteiger partial charge in [-0.3, -0.25) is 9.10 Å². The molecule has 6 heteroatoms. The van der Waals surface area contributed by atoms with E-state index in [1.165, 1.54) is 0 Å². The zero-order valence-corrected chi connectivity index (χ0v) is 16.3. The monoisotopic (exact) mass is 382 g/mol. The summed E-state index contributed by atoms with van der Waals surface area (Å²) in [5.74, 6) is -0.391. The summed E-state index contributed by atoms with van der Waals surface area (Å²) in [5.41, 5.74) is 2.13. The van der Waals surface area contributed by atoms with Crippen LogP contribution in [0, 0.1) is 6.92 Å². The lowest BCUT2D eigenvalue weighted by molar-refractivity contribution is -0.116. The van der Waals surface area contributed by atoms with Crippen molar-refractivity contribution in [2.45, 2.75) is 19.9 Å². The first-order chi connectivity index (χ1) is 12.8. The van der Waals surface area contributed by atoms with Crippen LogP contribution in [0.15, 0.2) is 66.7 Å². The number of aryl methyl sites for hydroxylation is 1. The van der Waals surface area contributed by atoms with E-state index in [9.17, 15) is 13.2 Å². The molecule has 27 heavy (non-hydrogen) atoms. The minimum atomic E-state index is -3.64. The molecule has 0 aliphatic heterocycles. The van der Waals surface area contributed by atoms with Crippen molar-refractivity contribution in [1.29, 1.82) is 0 Å². The standard InChI is InChI=1S/C21H22N2O3S/c1-15-11-13-18(14-12-15)23(27(3,25)26)16(2)21(24)22-20-10-6-8-17-7-4-5-9-19(17)20/h4-14,16H,1-3H3,(H,22,24)/t16-/m1/s1. The molecule has 0 aliphatic carbocycles. The third-order valence-electron chi connectivity index (χ3n) is 4.42. The van der Waals surface area contributed by atoms with Crippen molar-refractivity contribution in [3.05, 3.63) is 72.3 Å². The predicted molar refractivity (Wildman–Crippen MR) is 111 cm³/mol. The highest BCUT2D eigenvalue weighted by atomic mass is 32.2. The number of sulfonamides is 1. The lowest BCUT2D eigenvalue weighted by atomic mass is 10.1. The van der Waals surface area contributed by atoms with E-state index in [1.54, 1.807) is 19.1 Å². The van der Waals surface area contributed by atoms with Crippen molar-refractivity contribution >= 4 is 38.1 Å². The van der Waals surface area contributed by atoms with E-state index in [4.69, 9.17) is 0 Å². The molecular formula is C21H22N2O3S. The molecule has 1 amide bonds. The number of hydrogen-bond acceptors (Lipinski definition) is 3. The normalized spacial score (nSPS) is 12.6. The molecule has 1 atom stereocenters. The van der Waals surface area contributed by atoms with Gasteiger partial charge in [0, 0.05) is 11.1 Å². The fourth-order valence-electron chi connectivity index (χ4n) is 3.07. The van der Waals surface area contributed by atoms with Gasteiger partial charge < -0.3 is 5.32 Å². The largest absolute Gasteiger partial charge is 0.324 e. The number of fused-ring (bicyclic) bond motifs is 1. The maximum Gasteiger partial charge on any atom is 0.248 e. The van der Waals surface area contributed by atoms with E-state index < -0.39 is 22.0 Å². The number of carbonyl (C=O) groups is 1. The lowest BCUT2D eigenvalue weighted by Gasteiger charge is -2.28. The van der Waals surface area contributed by atoms with Crippen LogP contribution < -0.4 is 9.62 Å². The second kappa shape index (κ2) is 7.40. The maximum atomic E-state index is 12.9. The molecule has 3 aromatic carbocycles. The van der Waals surface area contributed by atoms with Gasteiger partial charge in [-0.2, -0.15) is 0 Å². The van der Waals surface area contributed by atoms with Gasteiger partial charge in [-0.05, 0) is 37.4 Å². The first-order valence-electron chi connectivity index (χ1n) is 8.62. The Hall–Kier alpha value is -2.86. The summed E-state index contributed by atoms with van der Waals surface area (Å²) in [6.07, 6.45) is 1.11. The summed E-state index contributed by atoms with van der Waals surface area (Å²) < 4.78 is 25.9. The summed E-state index contributed by atoms with van der Waals surface area (Å²) in [6.45, 7) is 3.51. The van der Waals surface area contributed by atoms with Crippen LogP contribution in [0.3, 0.4) is 0 Å². The molecule has 0 fully saturated rings. The number of rotatable bonds is 5. The van der Waals surface area contributed by atoms with Crippen molar-refractivity contribution in [2.75, 3.05) is 15.9 Å². The Morgan fingerprint density at radius 1 is 0.963 bits per heavy atom. The topological polar surface area (TPSA) is 66.5 Å². The fraction of sp³-hybridized carbons (Fsp3) is 0.190. The minimum Gasteiger partial charge on any atom is -0.324 e. The SMILES string of the molecule is Cc1ccc(N([C@H](C)C(=O)Nc2cccc3ccccc23)S(C)(=O)=O)cc1. The maximum absolute atomic E-state index is 12.9. The number of carbonyl (C=O) groups excluding carboxylic acids is 1. The first-order valence-corrected chi connectivity index (χ1v) is 10.5. The van der Waals surface area contributed by atoms with Gasteiger partial charge in [-0.1, -0.05) is 54.1 Å². The number of hydrogen-bond donors (Lipinski definition) is 1. The Kier molecular flexibility index (Phi) is 5.19. The molecule has 0 heterocycles. The zero-order chi connectivity index (χ0) is 19.6. The summed E-state index contributed by atoms with van der Waals surface area (Å²) in [7, 11) is -3.64. The van der Waals surface area contributed by atoms with Crippen LogP contribution in [0.5, 0.6) is 0 Å². The van der Waals surface area contributed by atoms with Crippen molar-refractivity contribution in [3.8, 4) is 0 Å². The molecule has 0 spiro atoms. The molecule has 1 N–H and O–H groups in total. The van der Waals surface area contributed by atoms with Crippen LogP contribution in [0.2, 0.25) is 0 Å². The van der Waals surface area contributed by atoms with Crippen LogP contribution in [-0.4, -0.2) is 26.6 Å². The summed E-state index contributed by atoms with van der Waals surface area (Å²) in [5, 5.41) is 4.78. The molecule has 0 bridgehead atoms. The molecule has 140 valence electrons. The van der Waals surface area contributed by atoms with E-state index in [1.807, 2.05) is 61.5 Å². The predicted octanol–water partition coefficient (Wildman–Crippen LogP) is 3.94. The van der Waals surface area contributed by atoms with Gasteiger partial charge in [0.1, 0.15) is 6.04 Å². The van der Waals surface area contributed by atoms with Crippen molar-refractivity contribution < 1.29 is 13.2 Å². The van der Waals surface area contributed by atoms with Crippen LogP contribution in [0.4, 0.5) is 11.4 Å². The molecule has 0 radical (unpaired) electrons. The van der Waals surface area contributed by atoms with E-state index >= 15 is 0 Å². The summed E-state index contributed by atoms with van der Waals surface area (Å²) in [4.78, 5) is 12.9. The van der Waals surface area contributed by atoms with Crippen LogP contribution in [-0.2, 0) is 14.8 Å². The van der Waals surface area contributed by atoms with E-state index in [2.05, 4.69) is 5.32 Å². The van der Waals surface area contributed by atoms with Gasteiger partial charge in [-0.15, -0.1) is 0 Å². The second-order valence-corrected chi connectivity index (χ2v) is 8.45. The highest BCUT2D eigenvalue weighted by molar-refractivity contribution is 7.92. The summed E-state index contributed by atoms with van der Waals surface area (Å²) in [6, 6.07) is 19.5. The molecule has 0 unspecified atom stereocenters. The van der Waals surface area contributed by atoms with E-state index in [0.717, 1.165) is 26.9 Å². The Morgan fingerprint density at radius 3 is 2.26 bits per heavy atom. The Labute approximate surface area is 159 Å². The molecule has 5 nitrogen and oxygen atoms in total. The van der Waals surface area contributed by atoms with Crippen molar-refractivity contribution in [1.82, 2.24) is 0 Å². The lowest BCUT2D eigenvalue weighted by Crippen LogP contribution is -2.45. The summed E-state index contributed by atoms with van der Waals surface area (Å²) >= 11 is 0. The van der Waals surface area contributed by atoms with Crippen LogP contribution in [0.1, 0.15) is 12.5 Å². The molecule has 0 aliphatic rings. The Morgan fingerprint density at radius 2 is 1.59 bits per heavy atom. The molecule has 0 aromatic heterocycles. The number of nitrogens with zero attached hydrogens (tertiary/aromatic N) is 1. The number of nitrogens with one attached hydrogen (secondary N) is 1. The van der Waals surface area contributed by atoms with E-state index in [-0.39, 0.29) is 0 Å². The van der Waals surface area contributed by atoms with Gasteiger partial charge in [0.25, 0.3) is 0 Å². The van der Waals surface area contributed by atoms with Crippen LogP contribution >= 0.6 is 0 Å². The minimum absolute atomic E-state index is 0.391. The van der Waals surface area contributed by atoms with Gasteiger partial charge in [0.15, 0.2) is 0 Å². The number of anilines is 2. The van der Waals surface area contributed by atoms with Crippen molar-refractivity contribution in [3.63, 3.8) is 0 Å². The van der Waals surface area contributed by atoms with E-state index in [0.29, 0.717) is 11.4 Å². The highest BCUT2D eigenvalue weighted by Crippen LogP contribution is 2.25. The van der Waals surface area contributed by atoms with Gasteiger partial charge in [-0.25, -0.2) is 8.42 Å². The fourth-order valence-corrected chi connectivity index (χ4v) is 4.25. The van der Waals surface area contributed by atoms with Crippen molar-refractivity contribution in [2.24, 2.45) is 0 Å². The number of benzene rings is 3. The smallest absolute Gasteiger partial charge is 0.248 e. The Balaban J connectivity index is 1.93. The third kappa shape index (κ3) is 4.11. The van der Waals surface area contributed by atoms with Crippen LogP contribution in [0.25, 0.3) is 10.8 Å². The molecular weight excluding hydrogens is 360 g/mol. The molecule has 0 saturated carbocycles. The Bertz CT molecular complexity index is 1070. The third-order valence-corrected chi connectivity index (χ3v) is 5.67. The highest BCUT2D eigenvalue weighted by Gasteiger charge is 2.29. The first kappa shape index (κ1) is 18.9. The molecule has 3 aromatic rings. The van der Waals surface area contributed by atoms with Gasteiger partial charge in [0.05, 0.1) is 11.9 Å². The number of amides is 1. The molecule has 0 saturated heterocycles. The van der Waals surface area contributed by atoms with Gasteiger partial charge in [0.2, 0.25) is 15.9 Å². The quantitative estimate of drug-likeness (QED) is 0.727. The average molecular weight is 382 g/mol. The average Bonchev–Trinajstić information content (AvgIpc) is 2.62. The zero-order valence-electron chi connectivity index (χ0n) is 15.5. The van der Waals surface area contributed by atoms with Gasteiger partial charge >= 0.3 is 0 Å². The molecule has 3 rings (SSSR count).